The summed E-state index contributed by atoms with van der Waals surface area (Å²) < 4.78 is 18.9. The van der Waals surface area contributed by atoms with E-state index < -0.39 is 29.6 Å². The molecule has 3 rings (SSSR count). The smallest absolute Gasteiger partial charge is 0.410 e. The van der Waals surface area contributed by atoms with E-state index in [-0.39, 0.29) is 24.6 Å². The molecule has 2 amide bonds. The minimum Gasteiger partial charge on any atom is -0.444 e. The number of ether oxygens (including phenoxy) is 1. The number of H-pyrrole nitrogens is 1. The van der Waals surface area contributed by atoms with Crippen LogP contribution in [0.5, 0.6) is 0 Å². The van der Waals surface area contributed by atoms with E-state index in [2.05, 4.69) is 16.4 Å². The Kier molecular flexibility index (Phi) is 5.02. The molecule has 8 heteroatoms. The first-order chi connectivity index (χ1) is 13.1. The largest absolute Gasteiger partial charge is 0.444 e. The molecule has 7 nitrogen and oxygen atoms in total. The predicted octanol–water partition coefficient (Wildman–Crippen LogP) is 3.10. The Balaban J connectivity index is 1.73. The van der Waals surface area contributed by atoms with E-state index >= 15 is 0 Å². The van der Waals surface area contributed by atoms with Gasteiger partial charge < -0.3 is 19.9 Å². The Hall–Kier alpha value is -3.08. The van der Waals surface area contributed by atoms with Gasteiger partial charge in [0.2, 0.25) is 0 Å². The van der Waals surface area contributed by atoms with Gasteiger partial charge in [-0.1, -0.05) is 0 Å². The van der Waals surface area contributed by atoms with E-state index in [4.69, 9.17) is 4.74 Å². The standard InChI is InChI=1S/C20H23FN4O3/c1-11-5-13(21)6-15-14(11)7-16(23-15)18(26)24-17-10-25(9-12(17)8-22)19(27)28-20(2,3)4/h5-7,12,17,23H,9-10H2,1-4H3,(H,24,26)/t12-,17-/m0/s1. The maximum atomic E-state index is 13.6. The Morgan fingerprint density at radius 3 is 2.68 bits per heavy atom. The molecule has 2 aromatic rings. The van der Waals surface area contributed by atoms with Gasteiger partial charge in [-0.25, -0.2) is 9.18 Å². The number of nitrogens with zero attached hydrogens (tertiary/aromatic N) is 2. The average Bonchev–Trinajstić information content (AvgIpc) is 3.17. The Morgan fingerprint density at radius 1 is 1.32 bits per heavy atom. The number of hydrogen-bond acceptors (Lipinski definition) is 4. The highest BCUT2D eigenvalue weighted by Crippen LogP contribution is 2.23. The third kappa shape index (κ3) is 4.09. The number of halogens is 1. The van der Waals surface area contributed by atoms with Crippen LogP contribution in [0, 0.1) is 30.0 Å². The lowest BCUT2D eigenvalue weighted by Gasteiger charge is -2.24. The zero-order valence-electron chi connectivity index (χ0n) is 16.3. The van der Waals surface area contributed by atoms with Gasteiger partial charge in [-0.2, -0.15) is 5.26 Å². The molecule has 0 radical (unpaired) electrons. The number of aromatic amines is 1. The molecule has 1 aromatic heterocycles. The second-order valence-electron chi connectivity index (χ2n) is 8.07. The fourth-order valence-electron chi connectivity index (χ4n) is 3.30. The molecule has 0 aliphatic carbocycles. The van der Waals surface area contributed by atoms with Crippen molar-refractivity contribution in [2.45, 2.75) is 39.3 Å². The van der Waals surface area contributed by atoms with Crippen LogP contribution in [0.15, 0.2) is 18.2 Å². The molecule has 2 N–H and O–H groups in total. The van der Waals surface area contributed by atoms with Crippen molar-refractivity contribution in [3.63, 3.8) is 0 Å². The normalized spacial score (nSPS) is 19.5. The molecular weight excluding hydrogens is 363 g/mol. The minimum absolute atomic E-state index is 0.187. The SMILES string of the molecule is Cc1cc(F)cc2[nH]c(C(=O)N[C@H]3CN(C(=O)OC(C)(C)C)C[C@@H]3C#N)cc12. The average molecular weight is 386 g/mol. The van der Waals surface area contributed by atoms with Crippen LogP contribution in [0.25, 0.3) is 10.9 Å². The summed E-state index contributed by atoms with van der Waals surface area (Å²) in [7, 11) is 0. The van der Waals surface area contributed by atoms with Crippen molar-refractivity contribution in [2.24, 2.45) is 5.92 Å². The van der Waals surface area contributed by atoms with Gasteiger partial charge in [0.15, 0.2) is 0 Å². The van der Waals surface area contributed by atoms with Crippen molar-refractivity contribution >= 4 is 22.9 Å². The van der Waals surface area contributed by atoms with Crippen molar-refractivity contribution in [1.82, 2.24) is 15.2 Å². The number of carbonyl (C=O) groups excluding carboxylic acids is 2. The van der Waals surface area contributed by atoms with Gasteiger partial charge in [0.25, 0.3) is 5.91 Å². The molecule has 1 saturated heterocycles. The maximum Gasteiger partial charge on any atom is 0.410 e. The Bertz CT molecular complexity index is 970. The fourth-order valence-corrected chi connectivity index (χ4v) is 3.30. The predicted molar refractivity (Wildman–Crippen MR) is 101 cm³/mol. The van der Waals surface area contributed by atoms with E-state index in [1.807, 2.05) is 0 Å². The van der Waals surface area contributed by atoms with E-state index in [9.17, 15) is 19.2 Å². The molecule has 1 aromatic carbocycles. The number of likely N-dealkylation sites (tertiary alicyclic amines) is 1. The summed E-state index contributed by atoms with van der Waals surface area (Å²) in [6, 6.07) is 6.01. The van der Waals surface area contributed by atoms with Crippen molar-refractivity contribution in [2.75, 3.05) is 13.1 Å². The molecule has 0 unspecified atom stereocenters. The summed E-state index contributed by atoms with van der Waals surface area (Å²) in [5, 5.41) is 13.0. The van der Waals surface area contributed by atoms with Crippen molar-refractivity contribution in [1.29, 1.82) is 5.26 Å². The maximum absolute atomic E-state index is 13.6. The summed E-state index contributed by atoms with van der Waals surface area (Å²) in [6.07, 6.45) is -0.513. The van der Waals surface area contributed by atoms with Crippen LogP contribution in [0.3, 0.4) is 0 Å². The van der Waals surface area contributed by atoms with Crippen molar-refractivity contribution in [3.05, 3.63) is 35.3 Å². The molecule has 1 fully saturated rings. The summed E-state index contributed by atoms with van der Waals surface area (Å²) in [6.45, 7) is 7.44. The summed E-state index contributed by atoms with van der Waals surface area (Å²) in [4.78, 5) is 29.2. The lowest BCUT2D eigenvalue weighted by molar-refractivity contribution is 0.0287. The minimum atomic E-state index is -0.641. The zero-order valence-corrected chi connectivity index (χ0v) is 16.3. The van der Waals surface area contributed by atoms with Gasteiger partial charge in [-0.05, 0) is 51.5 Å². The van der Waals surface area contributed by atoms with E-state index in [0.29, 0.717) is 5.52 Å². The van der Waals surface area contributed by atoms with Crippen molar-refractivity contribution < 1.29 is 18.7 Å². The molecule has 1 aliphatic heterocycles. The molecule has 0 saturated carbocycles. The molecule has 0 spiro atoms. The van der Waals surface area contributed by atoms with Crippen LogP contribution in [-0.4, -0.2) is 46.6 Å². The van der Waals surface area contributed by atoms with Crippen LogP contribution in [0.2, 0.25) is 0 Å². The number of benzene rings is 1. The van der Waals surface area contributed by atoms with Crippen LogP contribution >= 0.6 is 0 Å². The first-order valence-electron chi connectivity index (χ1n) is 9.04. The number of nitrogens with one attached hydrogen (secondary N) is 2. The van der Waals surface area contributed by atoms with Gasteiger partial charge in [-0.15, -0.1) is 0 Å². The number of fused-ring (bicyclic) bond motifs is 1. The van der Waals surface area contributed by atoms with Gasteiger partial charge in [0.05, 0.1) is 18.0 Å². The van der Waals surface area contributed by atoms with E-state index in [1.54, 1.807) is 33.8 Å². The summed E-state index contributed by atoms with van der Waals surface area (Å²) in [5.74, 6) is -1.33. The van der Waals surface area contributed by atoms with Gasteiger partial charge in [-0.3, -0.25) is 4.79 Å². The molecule has 0 bridgehead atoms. The van der Waals surface area contributed by atoms with Gasteiger partial charge in [0.1, 0.15) is 17.1 Å². The number of aryl methyl sites for hydroxylation is 1. The number of nitriles is 1. The van der Waals surface area contributed by atoms with Crippen LogP contribution < -0.4 is 5.32 Å². The van der Waals surface area contributed by atoms with Crippen LogP contribution in [0.4, 0.5) is 9.18 Å². The van der Waals surface area contributed by atoms with Crippen LogP contribution in [-0.2, 0) is 4.74 Å². The highest BCUT2D eigenvalue weighted by atomic mass is 19.1. The molecule has 1 aliphatic rings. The first kappa shape index (κ1) is 19.7. The lowest BCUT2D eigenvalue weighted by atomic mass is 10.1. The molecule has 2 heterocycles. The summed E-state index contributed by atoms with van der Waals surface area (Å²) in [5.41, 5.74) is 0.882. The number of amides is 2. The second-order valence-corrected chi connectivity index (χ2v) is 8.07. The first-order valence-corrected chi connectivity index (χ1v) is 9.04. The molecule has 28 heavy (non-hydrogen) atoms. The molecule has 2 atom stereocenters. The molecular formula is C20H23FN4O3. The number of hydrogen-bond donors (Lipinski definition) is 2. The molecule has 148 valence electrons. The second kappa shape index (κ2) is 7.15. The lowest BCUT2D eigenvalue weighted by Crippen LogP contribution is -2.41. The third-order valence-corrected chi connectivity index (χ3v) is 4.61. The fraction of sp³-hybridized carbons (Fsp3) is 0.450. The number of rotatable bonds is 2. The van der Waals surface area contributed by atoms with Gasteiger partial charge >= 0.3 is 6.09 Å². The Morgan fingerprint density at radius 2 is 2.04 bits per heavy atom. The zero-order chi connectivity index (χ0) is 20.6. The highest BCUT2D eigenvalue weighted by molar-refractivity contribution is 5.99. The van der Waals surface area contributed by atoms with Gasteiger partial charge in [0, 0.05) is 24.0 Å². The monoisotopic (exact) mass is 386 g/mol. The summed E-state index contributed by atoms with van der Waals surface area (Å²) >= 11 is 0. The van der Waals surface area contributed by atoms with E-state index in [1.165, 1.54) is 17.0 Å². The third-order valence-electron chi connectivity index (χ3n) is 4.61. The number of carbonyl (C=O) groups is 2. The topological polar surface area (TPSA) is 98.2 Å². The van der Waals surface area contributed by atoms with Crippen molar-refractivity contribution in [3.8, 4) is 6.07 Å². The number of aromatic nitrogens is 1. The quantitative estimate of drug-likeness (QED) is 0.829. The highest BCUT2D eigenvalue weighted by Gasteiger charge is 2.38. The van der Waals surface area contributed by atoms with Crippen LogP contribution in [0.1, 0.15) is 36.8 Å². The van der Waals surface area contributed by atoms with E-state index in [0.717, 1.165) is 10.9 Å². The Labute approximate surface area is 162 Å².